The van der Waals surface area contributed by atoms with E-state index in [1.165, 1.54) is 0 Å². The molecule has 0 bridgehead atoms. The molecule has 1 aromatic carbocycles. The molecule has 0 fully saturated rings. The normalized spacial score (nSPS) is 12.0. The minimum absolute atomic E-state index is 0.558. The summed E-state index contributed by atoms with van der Waals surface area (Å²) in [5.74, 6) is 0.752. The summed E-state index contributed by atoms with van der Waals surface area (Å²) in [5.41, 5.74) is 1.74. The topological polar surface area (TPSA) is 53.9 Å². The molecule has 0 saturated heterocycles. The molecule has 5 heteroatoms. The Hall–Kier alpha value is -1.68. The van der Waals surface area contributed by atoms with Crippen molar-refractivity contribution in [3.8, 4) is 5.75 Å². The third kappa shape index (κ3) is 6.85. The van der Waals surface area contributed by atoms with Crippen LogP contribution in [-0.2, 0) is 11.2 Å². The van der Waals surface area contributed by atoms with E-state index >= 15 is 0 Å². The van der Waals surface area contributed by atoms with Gasteiger partial charge in [0.2, 0.25) is 6.08 Å². The number of ether oxygens (including phenoxy) is 1. The predicted octanol–water partition coefficient (Wildman–Crippen LogP) is 2.52. The maximum Gasteiger partial charge on any atom is 0.240 e. The van der Waals surface area contributed by atoms with Gasteiger partial charge in [-0.3, -0.25) is 0 Å². The van der Waals surface area contributed by atoms with Crippen molar-refractivity contribution in [1.82, 2.24) is 10.2 Å². The van der Waals surface area contributed by atoms with E-state index < -0.39 is 0 Å². The van der Waals surface area contributed by atoms with Crippen LogP contribution in [0.5, 0.6) is 5.75 Å². The van der Waals surface area contributed by atoms with Gasteiger partial charge in [0.15, 0.2) is 0 Å². The van der Waals surface area contributed by atoms with Crippen LogP contribution in [0.3, 0.4) is 0 Å². The maximum absolute atomic E-state index is 10.5. The number of hydrogen-bond donors (Lipinski definition) is 1. The van der Waals surface area contributed by atoms with Gasteiger partial charge in [-0.25, -0.2) is 4.79 Å². The van der Waals surface area contributed by atoms with Crippen LogP contribution in [0.15, 0.2) is 23.2 Å². The van der Waals surface area contributed by atoms with Gasteiger partial charge in [-0.05, 0) is 65.0 Å². The fraction of sp³-hybridized carbons (Fsp3) is 0.588. The predicted molar refractivity (Wildman–Crippen MR) is 89.7 cm³/mol. The molecule has 122 valence electrons. The zero-order valence-corrected chi connectivity index (χ0v) is 14.1. The molecule has 0 radical (unpaired) electrons. The summed E-state index contributed by atoms with van der Waals surface area (Å²) in [7, 11) is 6.07. The van der Waals surface area contributed by atoms with Crippen LogP contribution in [0, 0.1) is 0 Å². The average Bonchev–Trinajstić information content (AvgIpc) is 2.47. The van der Waals surface area contributed by atoms with Gasteiger partial charge in [-0.15, -0.1) is 0 Å². The van der Waals surface area contributed by atoms with Crippen molar-refractivity contribution >= 4 is 11.8 Å². The average molecular weight is 305 g/mol. The monoisotopic (exact) mass is 305 g/mol. The first-order valence-electron chi connectivity index (χ1n) is 7.72. The number of benzene rings is 1. The number of isocyanates is 1. The summed E-state index contributed by atoms with van der Waals surface area (Å²) in [6, 6.07) is 6.28. The van der Waals surface area contributed by atoms with E-state index in [9.17, 15) is 4.79 Å². The lowest BCUT2D eigenvalue weighted by Crippen LogP contribution is -2.24. The number of likely N-dealkylation sites (N-methyl/N-ethyl adjacent to an activating group) is 1. The van der Waals surface area contributed by atoms with Crippen LogP contribution >= 0.6 is 0 Å². The first kappa shape index (κ1) is 18.4. The molecule has 1 N–H and O–H groups in total. The molecular weight excluding hydrogens is 278 g/mol. The number of aryl methyl sites for hydroxylation is 1. The highest BCUT2D eigenvalue weighted by Gasteiger charge is 2.06. The number of carbonyl (C=O) groups excluding carboxylic acids is 1. The van der Waals surface area contributed by atoms with Gasteiger partial charge in [0.25, 0.3) is 0 Å². The van der Waals surface area contributed by atoms with Gasteiger partial charge in [0.05, 0.1) is 5.69 Å². The third-order valence-electron chi connectivity index (χ3n) is 3.72. The smallest absolute Gasteiger partial charge is 0.240 e. The Labute approximate surface area is 133 Å². The summed E-state index contributed by atoms with van der Waals surface area (Å²) < 4.78 is 5.68. The van der Waals surface area contributed by atoms with Crippen LogP contribution in [0.25, 0.3) is 0 Å². The highest BCUT2D eigenvalue weighted by molar-refractivity contribution is 5.53. The van der Waals surface area contributed by atoms with Crippen LogP contribution in [0.4, 0.5) is 5.69 Å². The van der Waals surface area contributed by atoms with Gasteiger partial charge in [-0.2, -0.15) is 4.99 Å². The van der Waals surface area contributed by atoms with Crippen LogP contribution in [-0.4, -0.2) is 51.3 Å². The SMILES string of the molecule is CNCCOc1cc(CCCC(C)N(C)C)cc(N=C=O)c1. The lowest BCUT2D eigenvalue weighted by molar-refractivity contribution is 0.294. The minimum atomic E-state index is 0.558. The second-order valence-electron chi connectivity index (χ2n) is 5.70. The molecular formula is C17H27N3O2. The fourth-order valence-corrected chi connectivity index (χ4v) is 2.12. The van der Waals surface area contributed by atoms with Gasteiger partial charge in [0, 0.05) is 18.7 Å². The highest BCUT2D eigenvalue weighted by atomic mass is 16.5. The Morgan fingerprint density at radius 1 is 1.36 bits per heavy atom. The van der Waals surface area contributed by atoms with E-state index in [2.05, 4.69) is 36.2 Å². The van der Waals surface area contributed by atoms with Crippen molar-refractivity contribution < 1.29 is 9.53 Å². The van der Waals surface area contributed by atoms with Gasteiger partial charge in [-0.1, -0.05) is 0 Å². The van der Waals surface area contributed by atoms with Crippen LogP contribution in [0.2, 0.25) is 0 Å². The van der Waals surface area contributed by atoms with E-state index in [4.69, 9.17) is 4.74 Å². The Morgan fingerprint density at radius 3 is 2.77 bits per heavy atom. The fourth-order valence-electron chi connectivity index (χ4n) is 2.12. The summed E-state index contributed by atoms with van der Waals surface area (Å²) in [6.45, 7) is 3.58. The molecule has 1 unspecified atom stereocenters. The molecule has 0 aromatic heterocycles. The molecule has 1 aromatic rings. The zero-order valence-electron chi connectivity index (χ0n) is 14.1. The van der Waals surface area contributed by atoms with Crippen molar-refractivity contribution in [2.45, 2.75) is 32.2 Å². The maximum atomic E-state index is 10.5. The van der Waals surface area contributed by atoms with Crippen LogP contribution < -0.4 is 10.1 Å². The van der Waals surface area contributed by atoms with Gasteiger partial charge in [0.1, 0.15) is 12.4 Å². The molecule has 0 spiro atoms. The molecule has 0 amide bonds. The Kier molecular flexibility index (Phi) is 8.44. The molecule has 5 nitrogen and oxygen atoms in total. The van der Waals surface area contributed by atoms with Gasteiger partial charge < -0.3 is 15.0 Å². The van der Waals surface area contributed by atoms with Crippen molar-refractivity contribution in [2.24, 2.45) is 4.99 Å². The first-order valence-corrected chi connectivity index (χ1v) is 7.72. The summed E-state index contributed by atoms with van der Waals surface area (Å²) in [5, 5.41) is 3.03. The second kappa shape index (κ2) is 10.1. The molecule has 22 heavy (non-hydrogen) atoms. The van der Waals surface area contributed by atoms with E-state index in [1.807, 2.05) is 19.2 Å². The zero-order chi connectivity index (χ0) is 16.4. The number of nitrogens with zero attached hydrogens (tertiary/aromatic N) is 2. The summed E-state index contributed by atoms with van der Waals surface area (Å²) in [6.07, 6.45) is 4.76. The molecule has 0 saturated carbocycles. The summed E-state index contributed by atoms with van der Waals surface area (Å²) in [4.78, 5) is 16.4. The number of rotatable bonds is 10. The van der Waals surface area contributed by atoms with E-state index in [0.29, 0.717) is 18.3 Å². The van der Waals surface area contributed by atoms with Crippen molar-refractivity contribution in [2.75, 3.05) is 34.3 Å². The van der Waals surface area contributed by atoms with Crippen LogP contribution in [0.1, 0.15) is 25.3 Å². The Balaban J connectivity index is 2.69. The highest BCUT2D eigenvalue weighted by Crippen LogP contribution is 2.24. The largest absolute Gasteiger partial charge is 0.492 e. The summed E-state index contributed by atoms with van der Waals surface area (Å²) >= 11 is 0. The Bertz CT molecular complexity index is 497. The third-order valence-corrected chi connectivity index (χ3v) is 3.72. The number of hydrogen-bond acceptors (Lipinski definition) is 5. The van der Waals surface area contributed by atoms with Crippen molar-refractivity contribution in [3.63, 3.8) is 0 Å². The minimum Gasteiger partial charge on any atom is -0.492 e. The molecule has 0 aliphatic carbocycles. The van der Waals surface area contributed by atoms with Gasteiger partial charge >= 0.3 is 0 Å². The Morgan fingerprint density at radius 2 is 2.14 bits per heavy atom. The van der Waals surface area contributed by atoms with E-state index in [1.54, 1.807) is 12.1 Å². The molecule has 1 rings (SSSR count). The molecule has 1 atom stereocenters. The quantitative estimate of drug-likeness (QED) is 0.410. The second-order valence-corrected chi connectivity index (χ2v) is 5.70. The van der Waals surface area contributed by atoms with E-state index in [0.717, 1.165) is 37.1 Å². The standard InChI is InChI=1S/C17H27N3O2/c1-14(20(3)4)6-5-7-15-10-16(19-13-21)12-17(11-15)22-9-8-18-2/h10-12,14,18H,5-9H2,1-4H3. The van der Waals surface area contributed by atoms with E-state index in [-0.39, 0.29) is 0 Å². The number of nitrogens with one attached hydrogen (secondary N) is 1. The molecule has 0 aliphatic rings. The van der Waals surface area contributed by atoms with Crippen molar-refractivity contribution in [1.29, 1.82) is 0 Å². The van der Waals surface area contributed by atoms with Crippen molar-refractivity contribution in [3.05, 3.63) is 23.8 Å². The first-order chi connectivity index (χ1) is 10.6. The lowest BCUT2D eigenvalue weighted by Gasteiger charge is -2.19. The number of aliphatic imine (C=N–C) groups is 1. The lowest BCUT2D eigenvalue weighted by atomic mass is 10.0. The molecule has 0 aliphatic heterocycles. The molecule has 0 heterocycles.